The van der Waals surface area contributed by atoms with Crippen molar-refractivity contribution in [3.8, 4) is 0 Å². The van der Waals surface area contributed by atoms with E-state index in [0.717, 1.165) is 11.1 Å². The molecule has 0 aromatic heterocycles. The molecule has 0 unspecified atom stereocenters. The largest absolute Gasteiger partial charge is 0.455 e. The van der Waals surface area contributed by atoms with Crippen LogP contribution in [-0.2, 0) is 20.7 Å². The molecule has 5 heteroatoms. The van der Waals surface area contributed by atoms with E-state index in [1.807, 2.05) is 37.3 Å². The fraction of sp³-hybridized carbons (Fsp3) is 0.263. The third-order valence-electron chi connectivity index (χ3n) is 3.60. The molecule has 1 atom stereocenters. The first-order valence-electron chi connectivity index (χ1n) is 7.76. The SMILES string of the molecule is C[C@@H](CNC(=O)COC(=O)Cc1ccc(Cl)cc1)c1ccccc1. The Morgan fingerprint density at radius 2 is 1.75 bits per heavy atom. The molecule has 0 aliphatic rings. The van der Waals surface area contributed by atoms with Crippen LogP contribution in [0.4, 0.5) is 0 Å². The standard InChI is InChI=1S/C19H20ClNO3/c1-14(16-5-3-2-4-6-16)12-21-18(22)13-24-19(23)11-15-7-9-17(20)10-8-15/h2-10,14H,11-13H2,1H3,(H,21,22)/t14-/m0/s1. The van der Waals surface area contributed by atoms with Gasteiger partial charge < -0.3 is 10.1 Å². The van der Waals surface area contributed by atoms with Gasteiger partial charge in [-0.1, -0.05) is 61.0 Å². The predicted octanol–water partition coefficient (Wildman–Crippen LogP) is 3.35. The van der Waals surface area contributed by atoms with E-state index in [2.05, 4.69) is 5.32 Å². The van der Waals surface area contributed by atoms with Crippen molar-refractivity contribution in [1.82, 2.24) is 5.32 Å². The summed E-state index contributed by atoms with van der Waals surface area (Å²) >= 11 is 5.79. The zero-order chi connectivity index (χ0) is 17.4. The predicted molar refractivity (Wildman–Crippen MR) is 94.0 cm³/mol. The number of amides is 1. The Morgan fingerprint density at radius 1 is 1.08 bits per heavy atom. The molecule has 2 aromatic carbocycles. The number of esters is 1. The molecule has 0 bridgehead atoms. The highest BCUT2D eigenvalue weighted by atomic mass is 35.5. The minimum Gasteiger partial charge on any atom is -0.455 e. The maximum absolute atomic E-state index is 11.8. The van der Waals surface area contributed by atoms with Crippen LogP contribution in [0.2, 0.25) is 5.02 Å². The van der Waals surface area contributed by atoms with Crippen LogP contribution in [0.5, 0.6) is 0 Å². The Bertz CT molecular complexity index is 671. The molecule has 0 saturated carbocycles. The van der Waals surface area contributed by atoms with Crippen molar-refractivity contribution >= 4 is 23.5 Å². The molecule has 0 radical (unpaired) electrons. The van der Waals surface area contributed by atoms with E-state index in [-0.39, 0.29) is 24.9 Å². The van der Waals surface area contributed by atoms with Gasteiger partial charge in [0.05, 0.1) is 6.42 Å². The molecule has 2 rings (SSSR count). The van der Waals surface area contributed by atoms with E-state index in [0.29, 0.717) is 11.6 Å². The minimum atomic E-state index is -0.441. The number of ether oxygens (including phenoxy) is 1. The Hall–Kier alpha value is -2.33. The van der Waals surface area contributed by atoms with Crippen molar-refractivity contribution in [3.63, 3.8) is 0 Å². The molecule has 0 heterocycles. The molecule has 1 amide bonds. The van der Waals surface area contributed by atoms with Crippen LogP contribution >= 0.6 is 11.6 Å². The van der Waals surface area contributed by atoms with Crippen molar-refractivity contribution in [3.05, 3.63) is 70.7 Å². The van der Waals surface area contributed by atoms with E-state index in [9.17, 15) is 9.59 Å². The molecule has 24 heavy (non-hydrogen) atoms. The number of hydrogen-bond donors (Lipinski definition) is 1. The number of hydrogen-bond acceptors (Lipinski definition) is 3. The molecule has 0 spiro atoms. The van der Waals surface area contributed by atoms with Crippen LogP contribution in [0.3, 0.4) is 0 Å². The second-order valence-corrected chi connectivity index (χ2v) is 6.02. The van der Waals surface area contributed by atoms with Crippen molar-refractivity contribution in [2.24, 2.45) is 0 Å². The van der Waals surface area contributed by atoms with Gasteiger partial charge in [-0.25, -0.2) is 0 Å². The molecule has 4 nitrogen and oxygen atoms in total. The smallest absolute Gasteiger partial charge is 0.310 e. The Labute approximate surface area is 146 Å². The first kappa shape index (κ1) is 18.0. The summed E-state index contributed by atoms with van der Waals surface area (Å²) in [5.41, 5.74) is 1.94. The first-order chi connectivity index (χ1) is 11.5. The third kappa shape index (κ3) is 6.05. The quantitative estimate of drug-likeness (QED) is 0.783. The van der Waals surface area contributed by atoms with E-state index in [1.54, 1.807) is 24.3 Å². The molecule has 0 fully saturated rings. The fourth-order valence-corrected chi connectivity index (χ4v) is 2.31. The molecule has 0 aliphatic heterocycles. The van der Waals surface area contributed by atoms with Crippen LogP contribution in [0.15, 0.2) is 54.6 Å². The van der Waals surface area contributed by atoms with Gasteiger partial charge in [0, 0.05) is 11.6 Å². The van der Waals surface area contributed by atoms with Gasteiger partial charge >= 0.3 is 5.97 Å². The normalized spacial score (nSPS) is 11.6. The van der Waals surface area contributed by atoms with Gasteiger partial charge in [0.25, 0.3) is 5.91 Å². The summed E-state index contributed by atoms with van der Waals surface area (Å²) in [5, 5.41) is 3.38. The monoisotopic (exact) mass is 345 g/mol. The van der Waals surface area contributed by atoms with Crippen molar-refractivity contribution in [2.75, 3.05) is 13.2 Å². The lowest BCUT2D eigenvalue weighted by atomic mass is 10.0. The van der Waals surface area contributed by atoms with Gasteiger partial charge in [0.2, 0.25) is 0 Å². The fourth-order valence-electron chi connectivity index (χ4n) is 2.18. The molecule has 1 N–H and O–H groups in total. The maximum atomic E-state index is 11.8. The van der Waals surface area contributed by atoms with Gasteiger partial charge in [-0.3, -0.25) is 9.59 Å². The number of rotatable bonds is 7. The van der Waals surface area contributed by atoms with E-state index < -0.39 is 5.97 Å². The lowest BCUT2D eigenvalue weighted by molar-refractivity contribution is -0.147. The summed E-state index contributed by atoms with van der Waals surface area (Å²) in [7, 11) is 0. The lowest BCUT2D eigenvalue weighted by Crippen LogP contribution is -2.31. The Kier molecular flexibility index (Phi) is 6.82. The highest BCUT2D eigenvalue weighted by Gasteiger charge is 2.10. The highest BCUT2D eigenvalue weighted by Crippen LogP contribution is 2.13. The molecular formula is C19H20ClNO3. The van der Waals surface area contributed by atoms with E-state index in [4.69, 9.17) is 16.3 Å². The van der Waals surface area contributed by atoms with Crippen LogP contribution < -0.4 is 5.32 Å². The summed E-state index contributed by atoms with van der Waals surface area (Å²) in [6.07, 6.45) is 0.116. The van der Waals surface area contributed by atoms with Crippen molar-refractivity contribution in [1.29, 1.82) is 0 Å². The zero-order valence-corrected chi connectivity index (χ0v) is 14.3. The van der Waals surface area contributed by atoms with E-state index >= 15 is 0 Å². The summed E-state index contributed by atoms with van der Waals surface area (Å²) in [4.78, 5) is 23.5. The summed E-state index contributed by atoms with van der Waals surface area (Å²) in [6.45, 7) is 2.26. The zero-order valence-electron chi connectivity index (χ0n) is 13.5. The number of carbonyl (C=O) groups is 2. The van der Waals surface area contributed by atoms with Crippen molar-refractivity contribution < 1.29 is 14.3 Å². The van der Waals surface area contributed by atoms with Crippen LogP contribution in [0.1, 0.15) is 24.0 Å². The Morgan fingerprint density at radius 3 is 2.42 bits per heavy atom. The summed E-state index contributed by atoms with van der Waals surface area (Å²) < 4.78 is 4.99. The number of benzene rings is 2. The van der Waals surface area contributed by atoms with Gasteiger partial charge in [-0.05, 0) is 29.2 Å². The van der Waals surface area contributed by atoms with Crippen LogP contribution in [0, 0.1) is 0 Å². The lowest BCUT2D eigenvalue weighted by Gasteiger charge is -2.13. The number of carbonyl (C=O) groups excluding carboxylic acids is 2. The average molecular weight is 346 g/mol. The Balaban J connectivity index is 1.69. The van der Waals surface area contributed by atoms with Crippen molar-refractivity contribution in [2.45, 2.75) is 19.3 Å². The van der Waals surface area contributed by atoms with Gasteiger partial charge in [-0.2, -0.15) is 0 Å². The molecule has 2 aromatic rings. The molecular weight excluding hydrogens is 326 g/mol. The number of halogens is 1. The molecule has 126 valence electrons. The maximum Gasteiger partial charge on any atom is 0.310 e. The summed E-state index contributed by atoms with van der Waals surface area (Å²) in [6, 6.07) is 16.8. The first-order valence-corrected chi connectivity index (χ1v) is 8.14. The topological polar surface area (TPSA) is 55.4 Å². The van der Waals surface area contributed by atoms with Crippen LogP contribution in [0.25, 0.3) is 0 Å². The average Bonchev–Trinajstić information content (AvgIpc) is 2.60. The molecule has 0 aliphatic carbocycles. The van der Waals surface area contributed by atoms with Gasteiger partial charge in [-0.15, -0.1) is 0 Å². The highest BCUT2D eigenvalue weighted by molar-refractivity contribution is 6.30. The molecule has 0 saturated heterocycles. The number of nitrogens with one attached hydrogen (secondary N) is 1. The summed E-state index contributed by atoms with van der Waals surface area (Å²) in [5.74, 6) is -0.550. The minimum absolute atomic E-state index is 0.116. The van der Waals surface area contributed by atoms with Crippen LogP contribution in [-0.4, -0.2) is 25.0 Å². The van der Waals surface area contributed by atoms with Gasteiger partial charge in [0.1, 0.15) is 0 Å². The van der Waals surface area contributed by atoms with E-state index in [1.165, 1.54) is 0 Å². The second-order valence-electron chi connectivity index (χ2n) is 5.58. The second kappa shape index (κ2) is 9.08. The van der Waals surface area contributed by atoms with Gasteiger partial charge in [0.15, 0.2) is 6.61 Å². The third-order valence-corrected chi connectivity index (χ3v) is 3.85.